The third-order valence-corrected chi connectivity index (χ3v) is 5.16. The SMILES string of the molecule is CCOC(=O)Cc1csc(-n2nc(C)c(Cc3ccc(C)cc3)c2C)n1. The minimum atomic E-state index is -0.252. The molecular formula is C20H23N3O2S. The fourth-order valence-corrected chi connectivity index (χ4v) is 3.69. The molecule has 5 nitrogen and oxygen atoms in total. The number of ether oxygens (including phenoxy) is 1. The van der Waals surface area contributed by atoms with Crippen LogP contribution in [0.4, 0.5) is 0 Å². The smallest absolute Gasteiger partial charge is 0.311 e. The molecule has 0 atom stereocenters. The lowest BCUT2D eigenvalue weighted by Crippen LogP contribution is -2.08. The Morgan fingerprint density at radius 3 is 2.62 bits per heavy atom. The van der Waals surface area contributed by atoms with Crippen molar-refractivity contribution in [1.82, 2.24) is 14.8 Å². The average Bonchev–Trinajstić information content (AvgIpc) is 3.16. The summed E-state index contributed by atoms with van der Waals surface area (Å²) in [5.74, 6) is -0.252. The van der Waals surface area contributed by atoms with Crippen LogP contribution >= 0.6 is 11.3 Å². The van der Waals surface area contributed by atoms with Gasteiger partial charge in [0.15, 0.2) is 0 Å². The van der Waals surface area contributed by atoms with E-state index in [9.17, 15) is 4.79 Å². The Balaban J connectivity index is 1.82. The van der Waals surface area contributed by atoms with E-state index in [0.717, 1.165) is 28.6 Å². The summed E-state index contributed by atoms with van der Waals surface area (Å²) < 4.78 is 6.86. The molecule has 0 aliphatic heterocycles. The minimum Gasteiger partial charge on any atom is -0.466 e. The second kappa shape index (κ2) is 7.83. The zero-order valence-corrected chi connectivity index (χ0v) is 16.4. The largest absolute Gasteiger partial charge is 0.466 e. The molecule has 26 heavy (non-hydrogen) atoms. The van der Waals surface area contributed by atoms with Crippen molar-refractivity contribution in [3.05, 3.63) is 63.4 Å². The zero-order valence-electron chi connectivity index (χ0n) is 15.6. The Hall–Kier alpha value is -2.47. The van der Waals surface area contributed by atoms with Crippen LogP contribution in [-0.4, -0.2) is 27.3 Å². The monoisotopic (exact) mass is 369 g/mol. The van der Waals surface area contributed by atoms with E-state index < -0.39 is 0 Å². The van der Waals surface area contributed by atoms with Crippen molar-refractivity contribution in [1.29, 1.82) is 0 Å². The predicted molar refractivity (Wildman–Crippen MR) is 103 cm³/mol. The molecule has 0 unspecified atom stereocenters. The first kappa shape index (κ1) is 18.3. The van der Waals surface area contributed by atoms with Crippen LogP contribution in [0.5, 0.6) is 0 Å². The van der Waals surface area contributed by atoms with E-state index in [1.807, 2.05) is 17.0 Å². The molecule has 0 aliphatic carbocycles. The second-order valence-electron chi connectivity index (χ2n) is 6.33. The van der Waals surface area contributed by atoms with E-state index in [4.69, 9.17) is 4.74 Å². The summed E-state index contributed by atoms with van der Waals surface area (Å²) >= 11 is 1.49. The van der Waals surface area contributed by atoms with E-state index in [0.29, 0.717) is 6.61 Å². The van der Waals surface area contributed by atoms with Gasteiger partial charge in [-0.3, -0.25) is 4.79 Å². The van der Waals surface area contributed by atoms with Crippen molar-refractivity contribution in [2.45, 2.75) is 40.5 Å². The number of benzene rings is 1. The summed E-state index contributed by atoms with van der Waals surface area (Å²) in [6.45, 7) is 8.37. The summed E-state index contributed by atoms with van der Waals surface area (Å²) in [5, 5.41) is 7.34. The van der Waals surface area contributed by atoms with Crippen LogP contribution in [0.1, 0.15) is 40.7 Å². The molecule has 3 aromatic rings. The number of aryl methyl sites for hydroxylation is 2. The molecule has 1 aromatic carbocycles. The quantitative estimate of drug-likeness (QED) is 0.617. The lowest BCUT2D eigenvalue weighted by Gasteiger charge is -2.04. The number of esters is 1. The third kappa shape index (κ3) is 4.02. The van der Waals surface area contributed by atoms with Gasteiger partial charge in [0.25, 0.3) is 0 Å². The normalized spacial score (nSPS) is 10.9. The van der Waals surface area contributed by atoms with Gasteiger partial charge in [-0.25, -0.2) is 9.67 Å². The number of aromatic nitrogens is 3. The fourth-order valence-electron chi connectivity index (χ4n) is 2.86. The van der Waals surface area contributed by atoms with Gasteiger partial charge in [0, 0.05) is 23.1 Å². The van der Waals surface area contributed by atoms with Crippen LogP contribution in [0.2, 0.25) is 0 Å². The van der Waals surface area contributed by atoms with Crippen LogP contribution in [0.15, 0.2) is 29.6 Å². The van der Waals surface area contributed by atoms with Crippen LogP contribution in [-0.2, 0) is 22.4 Å². The van der Waals surface area contributed by atoms with Crippen molar-refractivity contribution >= 4 is 17.3 Å². The van der Waals surface area contributed by atoms with E-state index in [2.05, 4.69) is 48.2 Å². The number of carbonyl (C=O) groups excluding carboxylic acids is 1. The van der Waals surface area contributed by atoms with Gasteiger partial charge in [-0.15, -0.1) is 11.3 Å². The van der Waals surface area contributed by atoms with Crippen molar-refractivity contribution in [2.24, 2.45) is 0 Å². The fraction of sp³-hybridized carbons (Fsp3) is 0.350. The number of hydrogen-bond acceptors (Lipinski definition) is 5. The molecule has 2 heterocycles. The number of hydrogen-bond donors (Lipinski definition) is 0. The zero-order chi connectivity index (χ0) is 18.7. The highest BCUT2D eigenvalue weighted by Crippen LogP contribution is 2.23. The first-order valence-corrected chi connectivity index (χ1v) is 9.57. The first-order valence-electron chi connectivity index (χ1n) is 8.69. The number of rotatable bonds is 6. The van der Waals surface area contributed by atoms with Gasteiger partial charge in [-0.2, -0.15) is 5.10 Å². The lowest BCUT2D eigenvalue weighted by atomic mass is 10.0. The molecule has 0 N–H and O–H groups in total. The van der Waals surface area contributed by atoms with Gasteiger partial charge < -0.3 is 4.74 Å². The van der Waals surface area contributed by atoms with Gasteiger partial charge in [0.2, 0.25) is 5.13 Å². The first-order chi connectivity index (χ1) is 12.5. The van der Waals surface area contributed by atoms with Crippen molar-refractivity contribution in [2.75, 3.05) is 6.61 Å². The van der Waals surface area contributed by atoms with Crippen LogP contribution in [0.25, 0.3) is 5.13 Å². The van der Waals surface area contributed by atoms with Crippen LogP contribution in [0, 0.1) is 20.8 Å². The molecule has 3 rings (SSSR count). The molecule has 0 spiro atoms. The maximum Gasteiger partial charge on any atom is 0.311 e. The Morgan fingerprint density at radius 2 is 1.92 bits per heavy atom. The third-order valence-electron chi connectivity index (χ3n) is 4.29. The topological polar surface area (TPSA) is 57.0 Å². The molecule has 0 amide bonds. The average molecular weight is 369 g/mol. The summed E-state index contributed by atoms with van der Waals surface area (Å²) in [5.41, 5.74) is 6.55. The summed E-state index contributed by atoms with van der Waals surface area (Å²) in [4.78, 5) is 16.2. The predicted octanol–water partition coefficient (Wildman–Crippen LogP) is 3.95. The highest BCUT2D eigenvalue weighted by atomic mass is 32.1. The molecule has 0 aliphatic rings. The van der Waals surface area contributed by atoms with E-state index in [1.54, 1.807) is 6.92 Å². The van der Waals surface area contributed by atoms with Crippen LogP contribution in [0.3, 0.4) is 0 Å². The molecule has 0 fully saturated rings. The molecule has 0 saturated heterocycles. The van der Waals surface area contributed by atoms with Gasteiger partial charge in [-0.05, 0) is 33.3 Å². The second-order valence-corrected chi connectivity index (χ2v) is 7.16. The maximum absolute atomic E-state index is 11.6. The Kier molecular flexibility index (Phi) is 5.52. The van der Waals surface area contributed by atoms with E-state index in [1.165, 1.54) is 28.0 Å². The minimum absolute atomic E-state index is 0.194. The molecule has 0 radical (unpaired) electrons. The number of thiazole rings is 1. The highest BCUT2D eigenvalue weighted by Gasteiger charge is 2.16. The Morgan fingerprint density at radius 1 is 1.19 bits per heavy atom. The molecule has 0 bridgehead atoms. The lowest BCUT2D eigenvalue weighted by molar-refractivity contribution is -0.142. The molecule has 6 heteroatoms. The van der Waals surface area contributed by atoms with Crippen molar-refractivity contribution in [3.8, 4) is 5.13 Å². The van der Waals surface area contributed by atoms with E-state index >= 15 is 0 Å². The summed E-state index contributed by atoms with van der Waals surface area (Å²) in [6.07, 6.45) is 1.04. The van der Waals surface area contributed by atoms with Gasteiger partial charge in [0.1, 0.15) is 0 Å². The van der Waals surface area contributed by atoms with Crippen molar-refractivity contribution in [3.63, 3.8) is 0 Å². The summed E-state index contributed by atoms with van der Waals surface area (Å²) in [6, 6.07) is 8.58. The standard InChI is InChI=1S/C20H23N3O2S/c1-5-25-19(24)11-17-12-26-20(21-17)23-15(4)18(14(3)22-23)10-16-8-6-13(2)7-9-16/h6-9,12H,5,10-11H2,1-4H3. The molecular weight excluding hydrogens is 346 g/mol. The number of nitrogens with zero attached hydrogens (tertiary/aromatic N) is 3. The van der Waals surface area contributed by atoms with Gasteiger partial charge in [-0.1, -0.05) is 29.8 Å². The van der Waals surface area contributed by atoms with Crippen LogP contribution < -0.4 is 0 Å². The molecule has 136 valence electrons. The number of carbonyl (C=O) groups is 1. The highest BCUT2D eigenvalue weighted by molar-refractivity contribution is 7.12. The Labute approximate surface area is 157 Å². The van der Waals surface area contributed by atoms with Crippen molar-refractivity contribution < 1.29 is 9.53 Å². The maximum atomic E-state index is 11.6. The summed E-state index contributed by atoms with van der Waals surface area (Å²) in [7, 11) is 0. The molecule has 0 saturated carbocycles. The van der Waals surface area contributed by atoms with E-state index in [-0.39, 0.29) is 12.4 Å². The van der Waals surface area contributed by atoms with Gasteiger partial charge in [0.05, 0.1) is 24.4 Å². The molecule has 2 aromatic heterocycles. The van der Waals surface area contributed by atoms with Gasteiger partial charge >= 0.3 is 5.97 Å². The Bertz CT molecular complexity index is 910.